The monoisotopic (exact) mass is 316 g/mol. The van der Waals surface area contributed by atoms with Crippen LogP contribution in [-0.4, -0.2) is 43.0 Å². The second-order valence-electron chi connectivity index (χ2n) is 4.38. The molecule has 2 rings (SSSR count). The fourth-order valence-electron chi connectivity index (χ4n) is 1.84. The molecule has 108 valence electrons. The molecule has 1 aromatic rings. The Kier molecular flexibility index (Phi) is 5.09. The molecule has 1 aliphatic rings. The van der Waals surface area contributed by atoms with E-state index in [1.54, 1.807) is 18.2 Å². The molecule has 1 heterocycles. The molecule has 0 radical (unpaired) electrons. The van der Waals surface area contributed by atoms with Gasteiger partial charge in [-0.2, -0.15) is 0 Å². The van der Waals surface area contributed by atoms with Crippen LogP contribution < -0.4 is 10.1 Å². The number of rotatable bonds is 3. The Morgan fingerprint density at radius 3 is 3.00 bits per heavy atom. The fourth-order valence-corrected chi connectivity index (χ4v) is 2.17. The second-order valence-corrected chi connectivity index (χ2v) is 5.23. The zero-order valence-corrected chi connectivity index (χ0v) is 12.2. The Balaban J connectivity index is 1.94. The molecule has 1 N–H and O–H groups in total. The average molecular weight is 317 g/mol. The van der Waals surface area contributed by atoms with Gasteiger partial charge in [0.1, 0.15) is 5.75 Å². The van der Waals surface area contributed by atoms with E-state index in [-0.39, 0.29) is 25.0 Å². The molecule has 1 fully saturated rings. The van der Waals surface area contributed by atoms with Crippen molar-refractivity contribution in [2.75, 3.05) is 26.2 Å². The van der Waals surface area contributed by atoms with E-state index in [1.165, 1.54) is 4.90 Å². The van der Waals surface area contributed by atoms with Crippen molar-refractivity contribution in [3.63, 3.8) is 0 Å². The predicted molar refractivity (Wildman–Crippen MR) is 76.2 cm³/mol. The number of ether oxygens (including phenoxy) is 1. The normalized spacial score (nSPS) is 15.5. The number of nitrogens with zero attached hydrogens (tertiary/aromatic N) is 1. The van der Waals surface area contributed by atoms with Crippen molar-refractivity contribution in [3.05, 3.63) is 28.2 Å². The predicted octanol–water partition coefficient (Wildman–Crippen LogP) is 1.72. The Hall–Kier alpha value is -1.46. The molecular formula is C13H14Cl2N2O3. The Morgan fingerprint density at radius 2 is 2.20 bits per heavy atom. The number of halogens is 2. The molecule has 2 amide bonds. The van der Waals surface area contributed by atoms with Crippen LogP contribution in [0.25, 0.3) is 0 Å². The topological polar surface area (TPSA) is 58.6 Å². The van der Waals surface area contributed by atoms with E-state index in [0.29, 0.717) is 28.9 Å². The van der Waals surface area contributed by atoms with Crippen LogP contribution in [0.15, 0.2) is 18.2 Å². The molecule has 1 saturated heterocycles. The lowest BCUT2D eigenvalue weighted by molar-refractivity contribution is -0.136. The van der Waals surface area contributed by atoms with Crippen molar-refractivity contribution in [2.45, 2.75) is 6.42 Å². The van der Waals surface area contributed by atoms with Gasteiger partial charge in [-0.1, -0.05) is 23.2 Å². The summed E-state index contributed by atoms with van der Waals surface area (Å²) in [5.74, 6) is -0.0541. The van der Waals surface area contributed by atoms with Crippen molar-refractivity contribution >= 4 is 35.0 Å². The maximum absolute atomic E-state index is 12.0. The van der Waals surface area contributed by atoms with E-state index in [4.69, 9.17) is 27.9 Å². The van der Waals surface area contributed by atoms with E-state index < -0.39 is 0 Å². The van der Waals surface area contributed by atoms with E-state index in [0.717, 1.165) is 6.42 Å². The van der Waals surface area contributed by atoms with Crippen LogP contribution >= 0.6 is 23.2 Å². The largest absolute Gasteiger partial charge is 0.482 e. The third-order valence-corrected chi connectivity index (χ3v) is 3.41. The summed E-state index contributed by atoms with van der Waals surface area (Å²) in [5, 5.41) is 3.57. The van der Waals surface area contributed by atoms with Gasteiger partial charge >= 0.3 is 0 Å². The summed E-state index contributed by atoms with van der Waals surface area (Å²) in [6, 6.07) is 4.78. The smallest absolute Gasteiger partial charge is 0.260 e. The van der Waals surface area contributed by atoms with E-state index in [2.05, 4.69) is 5.32 Å². The molecule has 0 bridgehead atoms. The summed E-state index contributed by atoms with van der Waals surface area (Å²) in [7, 11) is 0. The van der Waals surface area contributed by atoms with E-state index in [9.17, 15) is 9.59 Å². The quantitative estimate of drug-likeness (QED) is 0.923. The maximum atomic E-state index is 12.0. The number of carbonyl (C=O) groups is 2. The molecule has 0 unspecified atom stereocenters. The first-order valence-corrected chi connectivity index (χ1v) is 6.94. The van der Waals surface area contributed by atoms with Crippen LogP contribution in [0.2, 0.25) is 10.0 Å². The summed E-state index contributed by atoms with van der Waals surface area (Å²) >= 11 is 11.8. The minimum absolute atomic E-state index is 0.0610. The van der Waals surface area contributed by atoms with Crippen LogP contribution in [0.5, 0.6) is 5.75 Å². The average Bonchev–Trinajstić information content (AvgIpc) is 2.64. The third-order valence-electron chi connectivity index (χ3n) is 2.86. The minimum atomic E-state index is -0.252. The number of nitrogens with one attached hydrogen (secondary N) is 1. The molecule has 0 atom stereocenters. The number of hydrogen-bond donors (Lipinski definition) is 1. The van der Waals surface area contributed by atoms with Crippen molar-refractivity contribution in [2.24, 2.45) is 0 Å². The highest BCUT2D eigenvalue weighted by atomic mass is 35.5. The third kappa shape index (κ3) is 4.02. The molecular weight excluding hydrogens is 303 g/mol. The lowest BCUT2D eigenvalue weighted by Gasteiger charge is -2.19. The molecule has 1 aromatic carbocycles. The molecule has 0 saturated carbocycles. The summed E-state index contributed by atoms with van der Waals surface area (Å²) in [6.45, 7) is 1.01. The van der Waals surface area contributed by atoms with Gasteiger partial charge in [-0.25, -0.2) is 0 Å². The zero-order valence-electron chi connectivity index (χ0n) is 10.7. The molecule has 20 heavy (non-hydrogen) atoms. The number of amides is 2. The van der Waals surface area contributed by atoms with Gasteiger partial charge in [0.25, 0.3) is 5.91 Å². The van der Waals surface area contributed by atoms with Gasteiger partial charge in [0, 0.05) is 24.2 Å². The standard InChI is InChI=1S/C13H14Cl2N2O3/c14-9-2-3-10(15)11(6-9)20-8-13(19)17-5-1-4-16-12(18)7-17/h2-3,6H,1,4-5,7-8H2,(H,16,18). The van der Waals surface area contributed by atoms with Gasteiger partial charge < -0.3 is 15.0 Å². The number of hydrogen-bond acceptors (Lipinski definition) is 3. The highest BCUT2D eigenvalue weighted by Crippen LogP contribution is 2.27. The van der Waals surface area contributed by atoms with Crippen LogP contribution in [0.1, 0.15) is 6.42 Å². The molecule has 0 spiro atoms. The summed E-state index contributed by atoms with van der Waals surface area (Å²) in [6.07, 6.45) is 0.732. The van der Waals surface area contributed by atoms with E-state index >= 15 is 0 Å². The van der Waals surface area contributed by atoms with Gasteiger partial charge in [-0.05, 0) is 18.6 Å². The highest BCUT2D eigenvalue weighted by Gasteiger charge is 2.20. The van der Waals surface area contributed by atoms with Crippen molar-refractivity contribution in [1.29, 1.82) is 0 Å². The van der Waals surface area contributed by atoms with Gasteiger partial charge in [-0.3, -0.25) is 9.59 Å². The van der Waals surface area contributed by atoms with Crippen LogP contribution in [0.3, 0.4) is 0 Å². The van der Waals surface area contributed by atoms with E-state index in [1.807, 2.05) is 0 Å². The SMILES string of the molecule is O=C1CN(C(=O)COc2cc(Cl)ccc2Cl)CCCN1. The van der Waals surface area contributed by atoms with Crippen LogP contribution in [0.4, 0.5) is 0 Å². The van der Waals surface area contributed by atoms with Crippen molar-refractivity contribution in [3.8, 4) is 5.75 Å². The van der Waals surface area contributed by atoms with Gasteiger partial charge in [0.05, 0.1) is 11.6 Å². The highest BCUT2D eigenvalue weighted by molar-refractivity contribution is 6.34. The van der Waals surface area contributed by atoms with Crippen molar-refractivity contribution < 1.29 is 14.3 Å². The Bertz CT molecular complexity index is 522. The van der Waals surface area contributed by atoms with Gasteiger partial charge in [0.15, 0.2) is 6.61 Å². The summed E-state index contributed by atoms with van der Waals surface area (Å²) in [5.41, 5.74) is 0. The molecule has 5 nitrogen and oxygen atoms in total. The molecule has 7 heteroatoms. The first-order valence-electron chi connectivity index (χ1n) is 6.18. The summed E-state index contributed by atoms with van der Waals surface area (Å²) in [4.78, 5) is 24.9. The Labute approximate surface area is 126 Å². The van der Waals surface area contributed by atoms with Crippen LogP contribution in [-0.2, 0) is 9.59 Å². The lowest BCUT2D eigenvalue weighted by Crippen LogP contribution is -2.39. The lowest BCUT2D eigenvalue weighted by atomic mass is 10.3. The Morgan fingerprint density at radius 1 is 1.40 bits per heavy atom. The first kappa shape index (κ1) is 14.9. The first-order chi connectivity index (χ1) is 9.56. The van der Waals surface area contributed by atoms with Crippen molar-refractivity contribution in [1.82, 2.24) is 10.2 Å². The minimum Gasteiger partial charge on any atom is -0.482 e. The second kappa shape index (κ2) is 6.81. The van der Waals surface area contributed by atoms with Gasteiger partial charge in [0.2, 0.25) is 5.91 Å². The molecule has 0 aromatic heterocycles. The molecule has 1 aliphatic heterocycles. The maximum Gasteiger partial charge on any atom is 0.260 e. The fraction of sp³-hybridized carbons (Fsp3) is 0.385. The van der Waals surface area contributed by atoms with Crippen LogP contribution in [0, 0.1) is 0 Å². The number of benzene rings is 1. The van der Waals surface area contributed by atoms with Gasteiger partial charge in [-0.15, -0.1) is 0 Å². The zero-order chi connectivity index (χ0) is 14.5. The summed E-state index contributed by atoms with van der Waals surface area (Å²) < 4.78 is 5.37. The molecule has 0 aliphatic carbocycles. The number of carbonyl (C=O) groups excluding carboxylic acids is 2.